The van der Waals surface area contributed by atoms with E-state index in [0.717, 1.165) is 29.5 Å². The van der Waals surface area contributed by atoms with Gasteiger partial charge in [-0.3, -0.25) is 19.4 Å². The van der Waals surface area contributed by atoms with Crippen molar-refractivity contribution < 1.29 is 33.1 Å². The molecule has 0 spiro atoms. The molecule has 1 aromatic heterocycles. The lowest BCUT2D eigenvalue weighted by molar-refractivity contribution is -0.123. The van der Waals surface area contributed by atoms with Crippen molar-refractivity contribution >= 4 is 34.9 Å². The summed E-state index contributed by atoms with van der Waals surface area (Å²) in [6, 6.07) is 12.0. The van der Waals surface area contributed by atoms with E-state index in [0.29, 0.717) is 42.9 Å². The summed E-state index contributed by atoms with van der Waals surface area (Å²) in [4.78, 5) is 59.4. The fraction of sp³-hybridized carbons (Fsp3) is 0.514. The molecule has 2 saturated heterocycles. The van der Waals surface area contributed by atoms with Gasteiger partial charge < -0.3 is 13.9 Å². The Morgan fingerprint density at radius 1 is 0.756 bits per heavy atom. The maximum absolute atomic E-state index is 13.2. The zero-order valence-electron chi connectivity index (χ0n) is 27.1. The second-order valence-electron chi connectivity index (χ2n) is 14.0. The monoisotopic (exact) mass is 617 g/mol. The molecule has 2 fully saturated rings. The third-order valence-corrected chi connectivity index (χ3v) is 7.91. The van der Waals surface area contributed by atoms with Crippen molar-refractivity contribution in [3.63, 3.8) is 0 Å². The molecule has 10 heteroatoms. The van der Waals surface area contributed by atoms with E-state index in [1.54, 1.807) is 15.9 Å². The molecule has 3 heterocycles. The van der Waals surface area contributed by atoms with Crippen molar-refractivity contribution in [1.82, 2.24) is 14.8 Å². The van der Waals surface area contributed by atoms with Gasteiger partial charge in [0.15, 0.2) is 17.1 Å². The molecule has 5 rings (SSSR count). The number of carbonyl (C=O) groups excluding carboxylic acids is 4. The highest BCUT2D eigenvalue weighted by Gasteiger charge is 2.37. The van der Waals surface area contributed by atoms with Crippen molar-refractivity contribution in [2.45, 2.75) is 103 Å². The molecule has 0 aliphatic carbocycles. The molecule has 0 bridgehead atoms. The predicted molar refractivity (Wildman–Crippen MR) is 169 cm³/mol. The molecule has 2 aliphatic rings. The number of ether oxygens (including phenoxy) is 2. The van der Waals surface area contributed by atoms with E-state index in [1.165, 1.54) is 0 Å². The Morgan fingerprint density at radius 3 is 1.76 bits per heavy atom. The lowest BCUT2D eigenvalue weighted by Gasteiger charge is -2.28. The number of rotatable bonds is 7. The molecule has 0 N–H and O–H groups in total. The van der Waals surface area contributed by atoms with E-state index < -0.39 is 35.5 Å². The number of amides is 2. The zero-order chi connectivity index (χ0) is 32.5. The van der Waals surface area contributed by atoms with Gasteiger partial charge in [0.25, 0.3) is 0 Å². The first-order valence-electron chi connectivity index (χ1n) is 15.7. The maximum Gasteiger partial charge on any atom is 0.410 e. The van der Waals surface area contributed by atoms with E-state index in [2.05, 4.69) is 4.98 Å². The van der Waals surface area contributed by atoms with Crippen LogP contribution in [0.3, 0.4) is 0 Å². The normalized spacial score (nSPS) is 18.8. The largest absolute Gasteiger partial charge is 0.444 e. The highest BCUT2D eigenvalue weighted by atomic mass is 16.6. The smallest absolute Gasteiger partial charge is 0.410 e. The van der Waals surface area contributed by atoms with Gasteiger partial charge in [0.05, 0.1) is 12.1 Å². The van der Waals surface area contributed by atoms with Crippen LogP contribution in [0.15, 0.2) is 46.9 Å². The van der Waals surface area contributed by atoms with Gasteiger partial charge in [-0.15, -0.1) is 0 Å². The van der Waals surface area contributed by atoms with E-state index in [1.807, 2.05) is 77.9 Å². The number of aromatic nitrogens is 1. The molecule has 10 nitrogen and oxygen atoms in total. The minimum atomic E-state index is -0.624. The fourth-order valence-electron chi connectivity index (χ4n) is 5.89. The Morgan fingerprint density at radius 2 is 1.24 bits per heavy atom. The fourth-order valence-corrected chi connectivity index (χ4v) is 5.89. The van der Waals surface area contributed by atoms with E-state index >= 15 is 0 Å². The van der Waals surface area contributed by atoms with Gasteiger partial charge in [0.1, 0.15) is 16.7 Å². The van der Waals surface area contributed by atoms with Crippen LogP contribution in [0.4, 0.5) is 9.59 Å². The highest BCUT2D eigenvalue weighted by molar-refractivity contribution is 5.91. The van der Waals surface area contributed by atoms with E-state index in [4.69, 9.17) is 13.9 Å². The minimum Gasteiger partial charge on any atom is -0.444 e. The second-order valence-corrected chi connectivity index (χ2v) is 14.0. The topological polar surface area (TPSA) is 119 Å². The second kappa shape index (κ2) is 12.7. The van der Waals surface area contributed by atoms with Crippen LogP contribution >= 0.6 is 0 Å². The molecule has 0 saturated carbocycles. The number of benzene rings is 2. The number of likely N-dealkylation sites (tertiary alicyclic amines) is 2. The Labute approximate surface area is 264 Å². The van der Waals surface area contributed by atoms with Gasteiger partial charge in [-0.25, -0.2) is 14.6 Å². The number of hydrogen-bond acceptors (Lipinski definition) is 8. The zero-order valence-corrected chi connectivity index (χ0v) is 27.1. The number of ketones is 2. The molecule has 2 aliphatic heterocycles. The molecular weight excluding hydrogens is 574 g/mol. The number of fused-ring (bicyclic) bond motifs is 1. The minimum absolute atomic E-state index is 0.0122. The van der Waals surface area contributed by atoms with Crippen LogP contribution in [0.5, 0.6) is 0 Å². The number of hydrogen-bond donors (Lipinski definition) is 0. The van der Waals surface area contributed by atoms with Crippen LogP contribution in [0.1, 0.15) is 78.4 Å². The first kappa shape index (κ1) is 32.2. The Hall–Kier alpha value is -4.21. The number of Topliss-reactive ketones (excluding diaryl/α,β-unsaturated/α-hetero) is 2. The molecular formula is C35H43N3O7. The summed E-state index contributed by atoms with van der Waals surface area (Å²) in [7, 11) is 0. The predicted octanol–water partition coefficient (Wildman–Crippen LogP) is 6.52. The summed E-state index contributed by atoms with van der Waals surface area (Å²) in [5, 5.41) is 0. The van der Waals surface area contributed by atoms with Gasteiger partial charge in [-0.1, -0.05) is 18.2 Å². The van der Waals surface area contributed by atoms with Crippen LogP contribution in [0.2, 0.25) is 0 Å². The van der Waals surface area contributed by atoms with Crippen molar-refractivity contribution in [3.8, 4) is 11.5 Å². The van der Waals surface area contributed by atoms with Gasteiger partial charge >= 0.3 is 12.2 Å². The Bertz CT molecular complexity index is 1580. The molecule has 0 unspecified atom stereocenters. The van der Waals surface area contributed by atoms with E-state index in [9.17, 15) is 19.2 Å². The van der Waals surface area contributed by atoms with Crippen molar-refractivity contribution in [2.75, 3.05) is 13.1 Å². The molecule has 240 valence electrons. The lowest BCUT2D eigenvalue weighted by atomic mass is 10.0. The van der Waals surface area contributed by atoms with Gasteiger partial charge in [-0.05, 0) is 103 Å². The Kier molecular flexibility index (Phi) is 9.05. The van der Waals surface area contributed by atoms with Crippen LogP contribution < -0.4 is 0 Å². The average molecular weight is 618 g/mol. The third kappa shape index (κ3) is 7.90. The van der Waals surface area contributed by atoms with Gasteiger partial charge in [0, 0.05) is 31.5 Å². The standard InChI is InChI=1S/C35H43N3O7/c1-34(2,3)44-32(41)37-17-7-9-26(37)28(39)20-22-11-14-24(15-12-22)31-36-25-19-23(13-16-30(25)43-31)21-29(40)27-10-8-18-38(27)33(42)45-35(4,5)6/h11-16,19,26-27H,7-10,17-18,20-21H2,1-6H3/t26-,27-/m0/s1. The highest BCUT2D eigenvalue weighted by Crippen LogP contribution is 2.28. The molecule has 2 amide bonds. The molecule has 2 aromatic carbocycles. The first-order valence-corrected chi connectivity index (χ1v) is 15.7. The summed E-state index contributed by atoms with van der Waals surface area (Å²) < 4.78 is 17.0. The van der Waals surface area contributed by atoms with Crippen LogP contribution in [0, 0.1) is 0 Å². The summed E-state index contributed by atoms with van der Waals surface area (Å²) in [6.07, 6.45) is 2.28. The summed E-state index contributed by atoms with van der Waals surface area (Å²) in [5.41, 5.74) is 2.38. The first-order chi connectivity index (χ1) is 21.2. The van der Waals surface area contributed by atoms with Crippen LogP contribution in [-0.4, -0.2) is 74.9 Å². The molecule has 0 radical (unpaired) electrons. The number of nitrogens with zero attached hydrogens (tertiary/aromatic N) is 3. The van der Waals surface area contributed by atoms with Gasteiger partial charge in [0.2, 0.25) is 5.89 Å². The summed E-state index contributed by atoms with van der Waals surface area (Å²) in [5.74, 6) is 0.394. The Balaban J connectivity index is 1.22. The van der Waals surface area contributed by atoms with Crippen molar-refractivity contribution in [3.05, 3.63) is 53.6 Å². The number of carbonyl (C=O) groups is 4. The molecule has 3 aromatic rings. The summed E-state index contributed by atoms with van der Waals surface area (Å²) >= 11 is 0. The molecule has 2 atom stereocenters. The van der Waals surface area contributed by atoms with E-state index in [-0.39, 0.29) is 24.4 Å². The number of oxazole rings is 1. The maximum atomic E-state index is 13.2. The average Bonchev–Trinajstić information content (AvgIpc) is 3.71. The van der Waals surface area contributed by atoms with Crippen LogP contribution in [-0.2, 0) is 31.9 Å². The van der Waals surface area contributed by atoms with Crippen molar-refractivity contribution in [1.29, 1.82) is 0 Å². The lowest BCUT2D eigenvalue weighted by Crippen LogP contribution is -2.43. The van der Waals surface area contributed by atoms with Crippen molar-refractivity contribution in [2.24, 2.45) is 0 Å². The SMILES string of the molecule is CC(C)(C)OC(=O)N1CCC[C@H]1C(=O)Cc1ccc(-c2nc3cc(CC(=O)[C@@H]4CCCN4C(=O)OC(C)(C)C)ccc3o2)cc1. The third-order valence-electron chi connectivity index (χ3n) is 7.91. The summed E-state index contributed by atoms with van der Waals surface area (Å²) in [6.45, 7) is 11.9. The molecule has 45 heavy (non-hydrogen) atoms. The van der Waals surface area contributed by atoms with Gasteiger partial charge in [-0.2, -0.15) is 0 Å². The quantitative estimate of drug-likeness (QED) is 0.294. The van der Waals surface area contributed by atoms with Crippen LogP contribution in [0.25, 0.3) is 22.6 Å².